The monoisotopic (exact) mass is 353 g/mol. The van der Waals surface area contributed by atoms with Gasteiger partial charge in [0.15, 0.2) is 0 Å². The Balaban J connectivity index is 1.76. The van der Waals surface area contributed by atoms with Gasteiger partial charge in [0.1, 0.15) is 16.5 Å². The molecule has 0 unspecified atom stereocenters. The molecule has 5 nitrogen and oxygen atoms in total. The lowest BCUT2D eigenvalue weighted by Crippen LogP contribution is -2.47. The van der Waals surface area contributed by atoms with E-state index in [-0.39, 0.29) is 0 Å². The second-order valence-corrected chi connectivity index (χ2v) is 6.88. The van der Waals surface area contributed by atoms with Crippen molar-refractivity contribution in [3.63, 3.8) is 0 Å². The van der Waals surface area contributed by atoms with E-state index < -0.39 is 0 Å². The van der Waals surface area contributed by atoms with Gasteiger partial charge in [0.05, 0.1) is 12.2 Å². The van der Waals surface area contributed by atoms with E-state index in [1.54, 1.807) is 0 Å². The molecule has 1 aliphatic heterocycles. The van der Waals surface area contributed by atoms with Crippen LogP contribution in [0.1, 0.15) is 22.4 Å². The Bertz CT molecular complexity index is 858. The standard InChI is InChI=1S/C19H23N5S/c1-14-15(2)17(12-20)19(25)24(16(14)3)13-22-8-10-23(11-9-22)18-6-4-5-7-21-18/h4-7H,8-11,13H2,1-3H3. The molecule has 25 heavy (non-hydrogen) atoms. The first-order valence-corrected chi connectivity index (χ1v) is 8.92. The Labute approximate surface area is 154 Å². The third-order valence-corrected chi connectivity index (χ3v) is 5.57. The average molecular weight is 353 g/mol. The number of nitriles is 1. The highest BCUT2D eigenvalue weighted by molar-refractivity contribution is 7.71. The minimum absolute atomic E-state index is 0.630. The van der Waals surface area contributed by atoms with Gasteiger partial charge in [-0.3, -0.25) is 4.90 Å². The summed E-state index contributed by atoms with van der Waals surface area (Å²) in [4.78, 5) is 9.13. The van der Waals surface area contributed by atoms with E-state index in [0.29, 0.717) is 10.2 Å². The zero-order valence-electron chi connectivity index (χ0n) is 15.0. The van der Waals surface area contributed by atoms with Gasteiger partial charge >= 0.3 is 0 Å². The molecule has 1 saturated heterocycles. The van der Waals surface area contributed by atoms with E-state index in [9.17, 15) is 5.26 Å². The van der Waals surface area contributed by atoms with Crippen LogP contribution in [0.2, 0.25) is 0 Å². The van der Waals surface area contributed by atoms with Crippen LogP contribution in [0, 0.1) is 36.7 Å². The first-order valence-electron chi connectivity index (χ1n) is 8.52. The smallest absolute Gasteiger partial charge is 0.128 e. The highest BCUT2D eigenvalue weighted by Crippen LogP contribution is 2.20. The average Bonchev–Trinajstić information content (AvgIpc) is 2.65. The summed E-state index contributed by atoms with van der Waals surface area (Å²) in [5, 5.41) is 9.45. The van der Waals surface area contributed by atoms with Crippen LogP contribution in [0.5, 0.6) is 0 Å². The largest absolute Gasteiger partial charge is 0.354 e. The molecule has 0 aromatic carbocycles. The lowest BCUT2D eigenvalue weighted by Gasteiger charge is -2.36. The molecule has 6 heteroatoms. The number of hydrogen-bond donors (Lipinski definition) is 0. The van der Waals surface area contributed by atoms with Gasteiger partial charge in [-0.2, -0.15) is 5.26 Å². The van der Waals surface area contributed by atoms with Crippen molar-refractivity contribution in [3.8, 4) is 6.07 Å². The van der Waals surface area contributed by atoms with E-state index >= 15 is 0 Å². The molecule has 3 heterocycles. The maximum Gasteiger partial charge on any atom is 0.128 e. The third kappa shape index (κ3) is 3.44. The van der Waals surface area contributed by atoms with Crippen molar-refractivity contribution in [1.82, 2.24) is 14.5 Å². The lowest BCUT2D eigenvalue weighted by molar-refractivity contribution is 0.202. The Morgan fingerprint density at radius 1 is 1.12 bits per heavy atom. The number of anilines is 1. The summed E-state index contributed by atoms with van der Waals surface area (Å²) in [5.74, 6) is 1.04. The molecule has 0 aliphatic carbocycles. The number of aromatic nitrogens is 2. The molecule has 0 radical (unpaired) electrons. The summed E-state index contributed by atoms with van der Waals surface area (Å²) in [6.45, 7) is 10.7. The maximum atomic E-state index is 9.45. The Morgan fingerprint density at radius 3 is 2.44 bits per heavy atom. The van der Waals surface area contributed by atoms with Crippen LogP contribution in [-0.2, 0) is 6.67 Å². The molecule has 2 aromatic heterocycles. The van der Waals surface area contributed by atoms with Crippen molar-refractivity contribution >= 4 is 18.0 Å². The van der Waals surface area contributed by atoms with E-state index in [4.69, 9.17) is 12.2 Å². The third-order valence-electron chi connectivity index (χ3n) is 5.14. The number of piperazine rings is 1. The molecule has 3 rings (SSSR count). The van der Waals surface area contributed by atoms with Gasteiger partial charge in [-0.15, -0.1) is 0 Å². The number of hydrogen-bond acceptors (Lipinski definition) is 5. The van der Waals surface area contributed by atoms with Gasteiger partial charge in [0.25, 0.3) is 0 Å². The number of rotatable bonds is 3. The minimum Gasteiger partial charge on any atom is -0.354 e. The first kappa shape index (κ1) is 17.6. The van der Waals surface area contributed by atoms with Crippen LogP contribution in [0.25, 0.3) is 0 Å². The van der Waals surface area contributed by atoms with Crippen LogP contribution >= 0.6 is 12.2 Å². The van der Waals surface area contributed by atoms with E-state index in [0.717, 1.165) is 55.5 Å². The highest BCUT2D eigenvalue weighted by Gasteiger charge is 2.20. The minimum atomic E-state index is 0.630. The van der Waals surface area contributed by atoms with Crippen LogP contribution in [0.3, 0.4) is 0 Å². The summed E-state index contributed by atoms with van der Waals surface area (Å²) in [6, 6.07) is 8.30. The number of pyridine rings is 2. The van der Waals surface area contributed by atoms with Gasteiger partial charge in [-0.1, -0.05) is 18.3 Å². The normalized spacial score (nSPS) is 15.2. The summed E-state index contributed by atoms with van der Waals surface area (Å²) in [5.41, 5.74) is 3.93. The van der Waals surface area contributed by atoms with Crippen molar-refractivity contribution in [2.75, 3.05) is 31.1 Å². The van der Waals surface area contributed by atoms with Gasteiger partial charge in [-0.05, 0) is 44.0 Å². The second-order valence-electron chi connectivity index (χ2n) is 6.49. The molecule has 0 saturated carbocycles. The second kappa shape index (κ2) is 7.34. The van der Waals surface area contributed by atoms with Crippen molar-refractivity contribution in [2.45, 2.75) is 27.4 Å². The molecule has 0 spiro atoms. The lowest BCUT2D eigenvalue weighted by atomic mass is 10.0. The zero-order valence-corrected chi connectivity index (χ0v) is 15.8. The van der Waals surface area contributed by atoms with Crippen molar-refractivity contribution in [1.29, 1.82) is 5.26 Å². The molecule has 0 bridgehead atoms. The van der Waals surface area contributed by atoms with Crippen LogP contribution < -0.4 is 4.90 Å². The van der Waals surface area contributed by atoms with Crippen molar-refractivity contribution in [3.05, 3.63) is 51.4 Å². The number of nitrogens with zero attached hydrogens (tertiary/aromatic N) is 5. The molecule has 130 valence electrons. The summed E-state index contributed by atoms with van der Waals surface area (Å²) < 4.78 is 2.75. The Hall–Kier alpha value is -2.23. The fraction of sp³-hybridized carbons (Fsp3) is 0.421. The molecule has 1 aliphatic rings. The zero-order chi connectivity index (χ0) is 18.0. The predicted octanol–water partition coefficient (Wildman–Crippen LogP) is 3.19. The molecule has 0 amide bonds. The topological polar surface area (TPSA) is 48.1 Å². The molecule has 0 atom stereocenters. The van der Waals surface area contributed by atoms with Crippen LogP contribution in [-0.4, -0.2) is 40.6 Å². The summed E-state index contributed by atoms with van der Waals surface area (Å²) in [6.07, 6.45) is 1.84. The highest BCUT2D eigenvalue weighted by atomic mass is 32.1. The van der Waals surface area contributed by atoms with Gasteiger partial charge in [0, 0.05) is 38.1 Å². The molecular formula is C19H23N5S. The Morgan fingerprint density at radius 2 is 1.84 bits per heavy atom. The van der Waals surface area contributed by atoms with Crippen molar-refractivity contribution in [2.24, 2.45) is 0 Å². The molecular weight excluding hydrogens is 330 g/mol. The Kier molecular flexibility index (Phi) is 5.16. The van der Waals surface area contributed by atoms with E-state index in [2.05, 4.69) is 45.3 Å². The van der Waals surface area contributed by atoms with Crippen LogP contribution in [0.15, 0.2) is 24.4 Å². The summed E-state index contributed by atoms with van der Waals surface area (Å²) in [7, 11) is 0. The fourth-order valence-electron chi connectivity index (χ4n) is 3.27. The van der Waals surface area contributed by atoms with Crippen LogP contribution in [0.4, 0.5) is 5.82 Å². The molecule has 0 N–H and O–H groups in total. The first-order chi connectivity index (χ1) is 12.0. The molecule has 2 aromatic rings. The van der Waals surface area contributed by atoms with E-state index in [1.165, 1.54) is 0 Å². The maximum absolute atomic E-state index is 9.45. The van der Waals surface area contributed by atoms with Crippen molar-refractivity contribution < 1.29 is 0 Å². The molecule has 1 fully saturated rings. The SMILES string of the molecule is Cc1c(C)c(C)n(CN2CCN(c3ccccn3)CC2)c(=S)c1C#N. The summed E-state index contributed by atoms with van der Waals surface area (Å²) >= 11 is 5.59. The predicted molar refractivity (Wildman–Crippen MR) is 102 cm³/mol. The van der Waals surface area contributed by atoms with Gasteiger partial charge in [-0.25, -0.2) is 4.98 Å². The van der Waals surface area contributed by atoms with Gasteiger partial charge < -0.3 is 9.47 Å². The quantitative estimate of drug-likeness (QED) is 0.793. The fourth-order valence-corrected chi connectivity index (χ4v) is 3.66. The van der Waals surface area contributed by atoms with Gasteiger partial charge in [0.2, 0.25) is 0 Å². The van der Waals surface area contributed by atoms with E-state index in [1.807, 2.05) is 25.3 Å².